The van der Waals surface area contributed by atoms with Crippen molar-refractivity contribution in [2.45, 2.75) is 104 Å². The van der Waals surface area contributed by atoms with Crippen LogP contribution < -0.4 is 15.8 Å². The molecule has 1 aliphatic carbocycles. The minimum Gasteiger partial charge on any atom is -0.492 e. The van der Waals surface area contributed by atoms with Crippen LogP contribution in [0.1, 0.15) is 97.8 Å². The normalized spacial score (nSPS) is 16.4. The number of carbonyl (C=O) groups excluding carboxylic acids is 1. The van der Waals surface area contributed by atoms with Gasteiger partial charge in [-0.2, -0.15) is 0 Å². The molecule has 4 N–H and O–H groups in total. The molecule has 1 rings (SSSR count). The Bertz CT molecular complexity index is 771. The third-order valence-electron chi connectivity index (χ3n) is 6.02. The topological polar surface area (TPSA) is 93.4 Å². The Morgan fingerprint density at radius 2 is 1.97 bits per heavy atom. The molecule has 0 fully saturated rings. The van der Waals surface area contributed by atoms with E-state index in [1.165, 1.54) is 87.7 Å². The summed E-state index contributed by atoms with van der Waals surface area (Å²) >= 11 is 4.74. The first-order chi connectivity index (χ1) is 18.2. The number of aldehydes is 1. The van der Waals surface area contributed by atoms with Crippen molar-refractivity contribution in [2.75, 3.05) is 27.0 Å². The molecule has 0 spiro atoms. The molecule has 0 radical (unpaired) electrons. The van der Waals surface area contributed by atoms with Crippen LogP contribution in [0.4, 0.5) is 0 Å². The molecule has 8 heteroatoms. The fourth-order valence-electron chi connectivity index (χ4n) is 3.68. The van der Waals surface area contributed by atoms with Crippen LogP contribution in [0.2, 0.25) is 0 Å². The van der Waals surface area contributed by atoms with E-state index in [0.29, 0.717) is 18.2 Å². The molecule has 2 atom stereocenters. The summed E-state index contributed by atoms with van der Waals surface area (Å²) < 4.78 is 16.5. The second-order valence-electron chi connectivity index (χ2n) is 9.46. The van der Waals surface area contributed by atoms with Crippen LogP contribution in [0, 0.1) is 0 Å². The first-order valence-electron chi connectivity index (χ1n) is 14.0. The van der Waals surface area contributed by atoms with E-state index in [-0.39, 0.29) is 0 Å². The van der Waals surface area contributed by atoms with Gasteiger partial charge in [-0.3, -0.25) is 0 Å². The highest BCUT2D eigenvalue weighted by Crippen LogP contribution is 2.18. The average molecular weight is 571 g/mol. The van der Waals surface area contributed by atoms with E-state index in [9.17, 15) is 9.00 Å². The smallest absolute Gasteiger partial charge is 0.183 e. The summed E-state index contributed by atoms with van der Waals surface area (Å²) in [4.78, 5) is 10.1. The second kappa shape index (κ2) is 27.0. The lowest BCUT2D eigenvalue weighted by atomic mass is 10.1. The van der Waals surface area contributed by atoms with Crippen molar-refractivity contribution >= 4 is 34.1 Å². The van der Waals surface area contributed by atoms with Gasteiger partial charge in [-0.1, -0.05) is 85.3 Å². The standard InChI is InChI=1S/C12H23N2O2S.C9H19NS.C9H14O/c1-5-11(8-9-14-2)6-7-12(16-3)10-17(4,13)15;1-3-5-6-7-9(4-2)10-8-11;10-8-7-9-5-3-1-2-4-6-9/h5-7,10,14H,8-9H2,1-4H3,(H2,13,15);8-9H,3-7H2,1-2H3,(H,10,11);5,8H,1-4,6-7H2/q+1;;/b7-6-,11-5+,12-10-;;. The number of ether oxygens (including phenoxy) is 1. The Balaban J connectivity index is 0. The number of thiocarbonyl (C=S) groups is 1. The number of carbonyl (C=O) groups is 1. The molecule has 0 bridgehead atoms. The van der Waals surface area contributed by atoms with Crippen molar-refractivity contribution in [3.8, 4) is 0 Å². The predicted molar refractivity (Wildman–Crippen MR) is 172 cm³/mol. The van der Waals surface area contributed by atoms with Crippen molar-refractivity contribution < 1.29 is 13.7 Å². The van der Waals surface area contributed by atoms with Crippen LogP contribution >= 0.6 is 12.2 Å². The van der Waals surface area contributed by atoms with Gasteiger partial charge in [0.2, 0.25) is 0 Å². The third kappa shape index (κ3) is 26.0. The van der Waals surface area contributed by atoms with Crippen LogP contribution in [0.5, 0.6) is 0 Å². The average Bonchev–Trinajstić information content (AvgIpc) is 3.17. The van der Waals surface area contributed by atoms with E-state index in [0.717, 1.165) is 25.7 Å². The maximum absolute atomic E-state index is 11.4. The minimum atomic E-state index is -2.43. The zero-order chi connectivity index (χ0) is 29.1. The number of unbranched alkanes of at least 4 members (excludes halogenated alkanes) is 2. The SMILES string of the molecule is CCCCCC(CC)NC=S.C\C=C(/C=C\C(=C\[S+](C)(N)=O)OC)CCNC.O=CCC1=CCCCCC1. The van der Waals surface area contributed by atoms with Gasteiger partial charge in [0.25, 0.3) is 0 Å². The Kier molecular flexibility index (Phi) is 27.4. The molecule has 1 aliphatic rings. The zero-order valence-electron chi connectivity index (χ0n) is 24.9. The predicted octanol–water partition coefficient (Wildman–Crippen LogP) is 6.95. The minimum absolute atomic E-state index is 0.517. The van der Waals surface area contributed by atoms with Crippen molar-refractivity contribution in [1.29, 1.82) is 0 Å². The number of methoxy groups -OCH3 is 1. The lowest BCUT2D eigenvalue weighted by Crippen LogP contribution is -2.25. The lowest BCUT2D eigenvalue weighted by Gasteiger charge is -2.13. The third-order valence-corrected chi connectivity index (χ3v) is 6.85. The Morgan fingerprint density at radius 3 is 2.50 bits per heavy atom. The van der Waals surface area contributed by atoms with E-state index in [1.54, 1.807) is 11.6 Å². The van der Waals surface area contributed by atoms with Gasteiger partial charge >= 0.3 is 0 Å². The molecule has 0 aromatic heterocycles. The molecule has 0 amide bonds. The van der Waals surface area contributed by atoms with E-state index in [2.05, 4.69) is 30.6 Å². The van der Waals surface area contributed by atoms with Crippen molar-refractivity contribution in [1.82, 2.24) is 10.6 Å². The fraction of sp³-hybridized carbons (Fsp3) is 0.667. The van der Waals surface area contributed by atoms with Gasteiger partial charge in [0.05, 0.1) is 12.6 Å². The molecule has 2 unspecified atom stereocenters. The molecular weight excluding hydrogens is 514 g/mol. The molecule has 0 heterocycles. The molecule has 0 aliphatic heterocycles. The van der Waals surface area contributed by atoms with Gasteiger partial charge in [0, 0.05) is 12.5 Å². The lowest BCUT2D eigenvalue weighted by molar-refractivity contribution is -0.107. The van der Waals surface area contributed by atoms with Crippen LogP contribution in [0.25, 0.3) is 0 Å². The highest BCUT2D eigenvalue weighted by Gasteiger charge is 2.11. The largest absolute Gasteiger partial charge is 0.492 e. The van der Waals surface area contributed by atoms with E-state index < -0.39 is 10.1 Å². The summed E-state index contributed by atoms with van der Waals surface area (Å²) in [6.45, 7) is 7.32. The Morgan fingerprint density at radius 1 is 1.24 bits per heavy atom. The second-order valence-corrected chi connectivity index (χ2v) is 11.9. The number of allylic oxidation sites excluding steroid dienone is 5. The number of rotatable bonds is 16. The Labute approximate surface area is 240 Å². The zero-order valence-corrected chi connectivity index (χ0v) is 26.6. The van der Waals surface area contributed by atoms with E-state index >= 15 is 0 Å². The summed E-state index contributed by atoms with van der Waals surface area (Å²) in [5.41, 5.74) is 4.18. The van der Waals surface area contributed by atoms with Crippen LogP contribution in [-0.4, -0.2) is 44.8 Å². The summed E-state index contributed by atoms with van der Waals surface area (Å²) in [7, 11) is 1.02. The molecule has 6 nitrogen and oxygen atoms in total. The first-order valence-corrected chi connectivity index (χ1v) is 16.6. The molecule has 0 saturated carbocycles. The first kappa shape index (κ1) is 38.5. The van der Waals surface area contributed by atoms with Gasteiger partial charge in [-0.15, -0.1) is 5.14 Å². The quantitative estimate of drug-likeness (QED) is 0.0354. The number of hydrogen-bond acceptors (Lipinski definition) is 5. The molecule has 0 saturated heterocycles. The van der Waals surface area contributed by atoms with Gasteiger partial charge in [0.15, 0.2) is 21.3 Å². The number of hydrogen-bond donors (Lipinski definition) is 3. The maximum atomic E-state index is 11.4. The van der Waals surface area contributed by atoms with E-state index in [4.69, 9.17) is 22.1 Å². The molecule has 0 aromatic rings. The highest BCUT2D eigenvalue weighted by atomic mass is 32.3. The van der Waals surface area contributed by atoms with Crippen LogP contribution in [-0.2, 0) is 23.9 Å². The van der Waals surface area contributed by atoms with Crippen LogP contribution in [0.3, 0.4) is 0 Å². The molecule has 0 aromatic carbocycles. The summed E-state index contributed by atoms with van der Waals surface area (Å²) in [6, 6.07) is 0.610. The Hall–Kier alpha value is -1.61. The van der Waals surface area contributed by atoms with Gasteiger partial charge in [-0.25, -0.2) is 0 Å². The maximum Gasteiger partial charge on any atom is 0.183 e. The molecule has 220 valence electrons. The summed E-state index contributed by atoms with van der Waals surface area (Å²) in [5, 5.41) is 13.2. The van der Waals surface area contributed by atoms with Crippen molar-refractivity contribution in [3.05, 3.63) is 46.6 Å². The van der Waals surface area contributed by atoms with Crippen molar-refractivity contribution in [2.24, 2.45) is 5.14 Å². The fourth-order valence-corrected chi connectivity index (χ4v) is 4.51. The van der Waals surface area contributed by atoms with Gasteiger partial charge in [-0.05, 0) is 71.5 Å². The summed E-state index contributed by atoms with van der Waals surface area (Å²) in [6.07, 6.45) is 24.7. The monoisotopic (exact) mass is 570 g/mol. The van der Waals surface area contributed by atoms with Gasteiger partial charge in [0.1, 0.15) is 12.5 Å². The van der Waals surface area contributed by atoms with Crippen LogP contribution in [0.15, 0.2) is 46.6 Å². The number of nitrogens with one attached hydrogen (secondary N) is 2. The highest BCUT2D eigenvalue weighted by molar-refractivity contribution is 8.02. The van der Waals surface area contributed by atoms with Crippen molar-refractivity contribution in [3.63, 3.8) is 0 Å². The number of nitrogens with two attached hydrogens (primary N) is 1. The van der Waals surface area contributed by atoms with Gasteiger partial charge < -0.3 is 20.2 Å². The molecule has 38 heavy (non-hydrogen) atoms. The summed E-state index contributed by atoms with van der Waals surface area (Å²) in [5.74, 6) is 0.517. The van der Waals surface area contributed by atoms with E-state index in [1.807, 2.05) is 26.1 Å². The molecular formula is C30H56N3O3S2+.